The summed E-state index contributed by atoms with van der Waals surface area (Å²) in [5.41, 5.74) is 0.896. The Kier molecular flexibility index (Phi) is 5.78. The van der Waals surface area contributed by atoms with E-state index in [-0.39, 0.29) is 0 Å². The topological polar surface area (TPSA) is 116 Å². The van der Waals surface area contributed by atoms with Gasteiger partial charge in [-0.25, -0.2) is 10.6 Å². The molecular weight excluding hydrogens is 290 g/mol. The lowest BCUT2D eigenvalue weighted by atomic mass is 10.1. The monoisotopic (exact) mass is 314 g/mol. The van der Waals surface area contributed by atoms with E-state index in [0.717, 1.165) is 12.8 Å². The van der Waals surface area contributed by atoms with Crippen LogP contribution in [0.25, 0.3) is 0 Å². The number of nitrogens with two attached hydrogens (primary N) is 1. The summed E-state index contributed by atoms with van der Waals surface area (Å²) in [5, 5.41) is 0. The fourth-order valence-electron chi connectivity index (χ4n) is 2.75. The first-order valence-corrected chi connectivity index (χ1v) is 7.29. The molecule has 3 amide bonds. The van der Waals surface area contributed by atoms with Crippen molar-refractivity contribution in [2.75, 3.05) is 6.54 Å². The van der Waals surface area contributed by atoms with E-state index in [4.69, 9.17) is 10.6 Å². The first kappa shape index (κ1) is 18.2. The Balaban J connectivity index is 3.31. The molecule has 8 nitrogen and oxygen atoms in total. The number of hydrogen-bond acceptors (Lipinski definition) is 6. The predicted molar refractivity (Wildman–Crippen MR) is 77.0 cm³/mol. The van der Waals surface area contributed by atoms with Gasteiger partial charge in [0.25, 0.3) is 0 Å². The average molecular weight is 314 g/mol. The Morgan fingerprint density at radius 1 is 1.27 bits per heavy atom. The molecule has 1 atom stereocenters. The van der Waals surface area contributed by atoms with Crippen molar-refractivity contribution in [1.29, 1.82) is 0 Å². The summed E-state index contributed by atoms with van der Waals surface area (Å²) in [6.45, 7) is 4.53. The van der Waals surface area contributed by atoms with Crippen molar-refractivity contribution in [3.8, 4) is 0 Å². The van der Waals surface area contributed by atoms with Crippen LogP contribution in [0.3, 0.4) is 0 Å². The zero-order valence-corrected chi connectivity index (χ0v) is 13.3. The standard InChI is InChI=1S/C14H23N3O5/c1-14(2,3)22-13(21)17(8-9-18,10-6-4-5-7-10)12(20)11(19)16-15/h9-10H,4-8H2,1-3H3,(H2-,15,16,19,20)/p+1. The van der Waals surface area contributed by atoms with Crippen LogP contribution >= 0.6 is 0 Å². The molecule has 1 rings (SSSR count). The van der Waals surface area contributed by atoms with Crippen LogP contribution in [0.4, 0.5) is 4.79 Å². The van der Waals surface area contributed by atoms with Gasteiger partial charge in [-0.05, 0) is 33.6 Å². The minimum Gasteiger partial charge on any atom is -0.414 e. The number of rotatable bonds is 3. The molecule has 22 heavy (non-hydrogen) atoms. The van der Waals surface area contributed by atoms with Crippen molar-refractivity contribution in [3.63, 3.8) is 0 Å². The molecule has 1 unspecified atom stereocenters. The van der Waals surface area contributed by atoms with Crippen LogP contribution in [0.2, 0.25) is 0 Å². The quantitative estimate of drug-likeness (QED) is 0.194. The van der Waals surface area contributed by atoms with Crippen molar-refractivity contribution in [3.05, 3.63) is 0 Å². The molecule has 0 saturated heterocycles. The van der Waals surface area contributed by atoms with Gasteiger partial charge in [-0.3, -0.25) is 15.0 Å². The third kappa shape index (κ3) is 3.69. The average Bonchev–Trinajstić information content (AvgIpc) is 2.95. The van der Waals surface area contributed by atoms with E-state index in [0.29, 0.717) is 19.1 Å². The van der Waals surface area contributed by atoms with E-state index < -0.39 is 40.6 Å². The Labute approximate surface area is 129 Å². The maximum absolute atomic E-state index is 12.7. The van der Waals surface area contributed by atoms with E-state index in [2.05, 4.69) is 0 Å². The van der Waals surface area contributed by atoms with Gasteiger partial charge in [-0.1, -0.05) is 0 Å². The fourth-order valence-corrected chi connectivity index (χ4v) is 2.75. The molecule has 0 heterocycles. The van der Waals surface area contributed by atoms with Crippen LogP contribution in [0, 0.1) is 0 Å². The highest BCUT2D eigenvalue weighted by Gasteiger charge is 2.56. The molecule has 0 spiro atoms. The molecule has 124 valence electrons. The molecule has 8 heteroatoms. The highest BCUT2D eigenvalue weighted by Crippen LogP contribution is 2.32. The Morgan fingerprint density at radius 3 is 2.23 bits per heavy atom. The van der Waals surface area contributed by atoms with Crippen LogP contribution < -0.4 is 11.3 Å². The summed E-state index contributed by atoms with van der Waals surface area (Å²) in [6, 6.07) is -0.454. The molecule has 1 aliphatic rings. The molecule has 3 N–H and O–H groups in total. The maximum atomic E-state index is 12.7. The summed E-state index contributed by atoms with van der Waals surface area (Å²) in [6.07, 6.45) is 2.35. The summed E-state index contributed by atoms with van der Waals surface area (Å²) in [7, 11) is 0. The van der Waals surface area contributed by atoms with Crippen LogP contribution in [-0.4, -0.2) is 46.9 Å². The minimum atomic E-state index is -1.11. The normalized spacial score (nSPS) is 18.4. The van der Waals surface area contributed by atoms with Gasteiger partial charge in [-0.15, -0.1) is 4.48 Å². The summed E-state index contributed by atoms with van der Waals surface area (Å²) in [4.78, 5) is 48.0. The van der Waals surface area contributed by atoms with Gasteiger partial charge in [0.15, 0.2) is 12.8 Å². The third-order valence-electron chi connectivity index (χ3n) is 3.72. The summed E-state index contributed by atoms with van der Waals surface area (Å²) < 4.78 is 4.36. The summed E-state index contributed by atoms with van der Waals surface area (Å²) >= 11 is 0. The lowest BCUT2D eigenvalue weighted by Crippen LogP contribution is -2.67. The number of nitrogens with zero attached hydrogens (tertiary/aromatic N) is 1. The molecule has 1 aliphatic carbocycles. The van der Waals surface area contributed by atoms with Gasteiger partial charge < -0.3 is 4.74 Å². The van der Waals surface area contributed by atoms with E-state index in [9.17, 15) is 19.2 Å². The molecular formula is C14H24N3O5+. The smallest absolute Gasteiger partial charge is 0.414 e. The number of quaternary nitrogens is 1. The first-order valence-electron chi connectivity index (χ1n) is 7.29. The molecule has 0 bridgehead atoms. The molecule has 0 aromatic carbocycles. The van der Waals surface area contributed by atoms with E-state index in [1.807, 2.05) is 0 Å². The van der Waals surface area contributed by atoms with Crippen LogP contribution in [0.1, 0.15) is 46.5 Å². The SMILES string of the molecule is CC(C)(C)OC(=O)[N+](CC=O)(C(=O)C(=O)NN)C1CCCC1. The Morgan fingerprint density at radius 2 is 1.82 bits per heavy atom. The third-order valence-corrected chi connectivity index (χ3v) is 3.72. The number of carbonyl (C=O) groups excluding carboxylic acids is 4. The van der Waals surface area contributed by atoms with Crippen molar-refractivity contribution in [2.24, 2.45) is 5.84 Å². The number of carbonyl (C=O) groups is 4. The lowest BCUT2D eigenvalue weighted by molar-refractivity contribution is -0.797. The first-order chi connectivity index (χ1) is 10.2. The van der Waals surface area contributed by atoms with Crippen molar-refractivity contribution in [1.82, 2.24) is 5.43 Å². The van der Waals surface area contributed by atoms with Crippen molar-refractivity contribution >= 4 is 24.2 Å². The Bertz CT molecular complexity index is 466. The van der Waals surface area contributed by atoms with E-state index in [1.54, 1.807) is 26.2 Å². The highest BCUT2D eigenvalue weighted by molar-refractivity contribution is 6.33. The minimum absolute atomic E-state index is 0.439. The maximum Gasteiger partial charge on any atom is 0.525 e. The molecule has 0 aliphatic heterocycles. The fraction of sp³-hybridized carbons (Fsp3) is 0.714. The van der Waals surface area contributed by atoms with E-state index in [1.165, 1.54) is 0 Å². The molecule has 1 fully saturated rings. The molecule has 0 aromatic rings. The molecule has 0 radical (unpaired) electrons. The van der Waals surface area contributed by atoms with Gasteiger partial charge in [0.1, 0.15) is 11.6 Å². The van der Waals surface area contributed by atoms with Crippen LogP contribution in [0.5, 0.6) is 0 Å². The number of ether oxygens (including phenoxy) is 1. The second-order valence-electron chi connectivity index (χ2n) is 6.42. The van der Waals surface area contributed by atoms with Gasteiger partial charge >= 0.3 is 17.9 Å². The lowest BCUT2D eigenvalue weighted by Gasteiger charge is -2.36. The highest BCUT2D eigenvalue weighted by atomic mass is 16.6. The van der Waals surface area contributed by atoms with Gasteiger partial charge in [0, 0.05) is 12.8 Å². The Hall–Kier alpha value is -1.80. The van der Waals surface area contributed by atoms with Crippen molar-refractivity contribution in [2.45, 2.75) is 58.1 Å². The van der Waals surface area contributed by atoms with Gasteiger partial charge in [-0.2, -0.15) is 4.79 Å². The summed E-state index contributed by atoms with van der Waals surface area (Å²) in [5.74, 6) is 2.85. The predicted octanol–water partition coefficient (Wildman–Crippen LogP) is 0.396. The van der Waals surface area contributed by atoms with Gasteiger partial charge in [0.05, 0.1) is 0 Å². The zero-order valence-electron chi connectivity index (χ0n) is 13.3. The number of nitrogens with one attached hydrogen (secondary N) is 1. The second kappa shape index (κ2) is 6.97. The number of aldehydes is 1. The van der Waals surface area contributed by atoms with Crippen molar-refractivity contribution < 1.29 is 28.4 Å². The molecule has 0 aromatic heterocycles. The number of hydrazine groups is 1. The van der Waals surface area contributed by atoms with Crippen LogP contribution in [-0.2, 0) is 19.1 Å². The number of amides is 3. The largest absolute Gasteiger partial charge is 0.525 e. The molecule has 1 saturated carbocycles. The second-order valence-corrected chi connectivity index (χ2v) is 6.42. The van der Waals surface area contributed by atoms with E-state index >= 15 is 0 Å². The van der Waals surface area contributed by atoms with Crippen LogP contribution in [0.15, 0.2) is 0 Å². The zero-order chi connectivity index (χ0) is 17.0. The number of hydrogen-bond donors (Lipinski definition) is 2. The number of imide groups is 1. The van der Waals surface area contributed by atoms with Gasteiger partial charge in [0.2, 0.25) is 0 Å².